The van der Waals surface area contributed by atoms with Crippen LogP contribution in [0.3, 0.4) is 0 Å². The van der Waals surface area contributed by atoms with Gasteiger partial charge in [-0.2, -0.15) is 0 Å². The Morgan fingerprint density at radius 1 is 1.58 bits per heavy atom. The average Bonchev–Trinajstić information content (AvgIpc) is 2.43. The van der Waals surface area contributed by atoms with Crippen molar-refractivity contribution in [2.75, 3.05) is 0 Å². The molecule has 1 aromatic heterocycles. The third-order valence-electron chi connectivity index (χ3n) is 1.88. The maximum absolute atomic E-state index is 3.77. The van der Waals surface area contributed by atoms with E-state index in [9.17, 15) is 0 Å². The van der Waals surface area contributed by atoms with E-state index in [4.69, 9.17) is 0 Å². The minimum atomic E-state index is 1.07. The molecule has 0 unspecified atom stereocenters. The molecule has 12 heavy (non-hydrogen) atoms. The van der Waals surface area contributed by atoms with Crippen molar-refractivity contribution in [3.05, 3.63) is 36.2 Å². The number of allylic oxidation sites excluding steroid dienone is 1. The molecule has 1 heteroatoms. The van der Waals surface area contributed by atoms with Gasteiger partial charge < -0.3 is 4.57 Å². The van der Waals surface area contributed by atoms with E-state index < -0.39 is 0 Å². The number of aryl methyl sites for hydroxylation is 1. The van der Waals surface area contributed by atoms with Crippen molar-refractivity contribution < 1.29 is 0 Å². The Kier molecular flexibility index (Phi) is 2.92. The van der Waals surface area contributed by atoms with Gasteiger partial charge in [-0.1, -0.05) is 25.7 Å². The van der Waals surface area contributed by atoms with Crippen LogP contribution in [-0.4, -0.2) is 4.57 Å². The molecule has 1 aromatic rings. The summed E-state index contributed by atoms with van der Waals surface area (Å²) in [6, 6.07) is 2.07. The summed E-state index contributed by atoms with van der Waals surface area (Å²) in [5, 5.41) is 0. The molecule has 0 aliphatic heterocycles. The molecule has 0 spiro atoms. The van der Waals surface area contributed by atoms with Crippen LogP contribution in [0.4, 0.5) is 0 Å². The third kappa shape index (κ3) is 1.67. The van der Waals surface area contributed by atoms with Crippen LogP contribution >= 0.6 is 0 Å². The Balaban J connectivity index is 3.01. The smallest absolute Gasteiger partial charge is 0.0474 e. The van der Waals surface area contributed by atoms with E-state index in [0.29, 0.717) is 0 Å². The summed E-state index contributed by atoms with van der Waals surface area (Å²) in [7, 11) is 2.04. The summed E-state index contributed by atoms with van der Waals surface area (Å²) in [5.41, 5.74) is 2.43. The number of hydrogen-bond acceptors (Lipinski definition) is 0. The van der Waals surface area contributed by atoms with Crippen molar-refractivity contribution in [1.29, 1.82) is 0 Å². The van der Waals surface area contributed by atoms with Crippen molar-refractivity contribution in [1.82, 2.24) is 4.57 Å². The molecule has 0 saturated carbocycles. The Hall–Kier alpha value is -1.24. The van der Waals surface area contributed by atoms with Crippen molar-refractivity contribution in [3.63, 3.8) is 0 Å². The molecule has 1 rings (SSSR count). The first-order valence-electron chi connectivity index (χ1n) is 4.24. The molecule has 0 aliphatic rings. The Bertz CT molecular complexity index is 292. The lowest BCUT2D eigenvalue weighted by atomic mass is 10.2. The van der Waals surface area contributed by atoms with Crippen LogP contribution in [0.25, 0.3) is 12.2 Å². The van der Waals surface area contributed by atoms with E-state index in [-0.39, 0.29) is 0 Å². The molecular formula is C11H15N. The van der Waals surface area contributed by atoms with Gasteiger partial charge in [0.05, 0.1) is 0 Å². The van der Waals surface area contributed by atoms with Gasteiger partial charge in [-0.05, 0) is 24.1 Å². The molecule has 0 aromatic carbocycles. The van der Waals surface area contributed by atoms with Crippen molar-refractivity contribution in [2.24, 2.45) is 7.05 Å². The second-order valence-electron chi connectivity index (χ2n) is 2.78. The lowest BCUT2D eigenvalue weighted by Gasteiger charge is -1.97. The number of rotatable bonds is 3. The second kappa shape index (κ2) is 3.96. The van der Waals surface area contributed by atoms with Gasteiger partial charge in [0.1, 0.15) is 0 Å². The fourth-order valence-electron chi connectivity index (χ4n) is 1.18. The van der Waals surface area contributed by atoms with Crippen LogP contribution in [-0.2, 0) is 7.05 Å². The maximum atomic E-state index is 3.77. The SMILES string of the molecule is C=Cc1ccn(C)c1/C=C\CC. The summed E-state index contributed by atoms with van der Waals surface area (Å²) in [5.74, 6) is 0. The summed E-state index contributed by atoms with van der Waals surface area (Å²) in [6.45, 7) is 5.90. The van der Waals surface area contributed by atoms with Gasteiger partial charge in [-0.15, -0.1) is 0 Å². The monoisotopic (exact) mass is 161 g/mol. The Labute approximate surface area is 74.0 Å². The lowest BCUT2D eigenvalue weighted by Crippen LogP contribution is -1.88. The van der Waals surface area contributed by atoms with Gasteiger partial charge in [0.2, 0.25) is 0 Å². The first-order valence-corrected chi connectivity index (χ1v) is 4.24. The third-order valence-corrected chi connectivity index (χ3v) is 1.88. The Morgan fingerprint density at radius 3 is 2.92 bits per heavy atom. The van der Waals surface area contributed by atoms with Gasteiger partial charge in [0.25, 0.3) is 0 Å². The van der Waals surface area contributed by atoms with Gasteiger partial charge >= 0.3 is 0 Å². The molecule has 0 bridgehead atoms. The van der Waals surface area contributed by atoms with E-state index in [2.05, 4.69) is 36.3 Å². The van der Waals surface area contributed by atoms with E-state index in [1.807, 2.05) is 19.3 Å². The predicted molar refractivity (Wildman–Crippen MR) is 54.8 cm³/mol. The molecular weight excluding hydrogens is 146 g/mol. The highest BCUT2D eigenvalue weighted by Gasteiger charge is 1.98. The minimum absolute atomic E-state index is 1.07. The van der Waals surface area contributed by atoms with Gasteiger partial charge in [0.15, 0.2) is 0 Å². The molecule has 0 amide bonds. The van der Waals surface area contributed by atoms with Gasteiger partial charge in [-0.3, -0.25) is 0 Å². The minimum Gasteiger partial charge on any atom is -0.351 e. The first kappa shape index (κ1) is 8.85. The first-order chi connectivity index (χ1) is 5.79. The molecule has 64 valence electrons. The summed E-state index contributed by atoms with van der Waals surface area (Å²) in [6.07, 6.45) is 9.29. The van der Waals surface area contributed by atoms with Crippen LogP contribution in [0.15, 0.2) is 24.9 Å². The zero-order valence-corrected chi connectivity index (χ0v) is 7.75. The van der Waals surface area contributed by atoms with Crippen molar-refractivity contribution in [2.45, 2.75) is 13.3 Å². The standard InChI is InChI=1S/C11H15N/c1-4-6-7-11-10(5-2)8-9-12(11)3/h5-9H,2,4H2,1,3H3/b7-6-. The molecule has 0 radical (unpaired) electrons. The largest absolute Gasteiger partial charge is 0.351 e. The van der Waals surface area contributed by atoms with E-state index in [1.165, 1.54) is 11.3 Å². The summed E-state index contributed by atoms with van der Waals surface area (Å²) < 4.78 is 2.10. The van der Waals surface area contributed by atoms with Crippen LogP contribution in [0.2, 0.25) is 0 Å². The van der Waals surface area contributed by atoms with Crippen molar-refractivity contribution in [3.8, 4) is 0 Å². The number of hydrogen-bond donors (Lipinski definition) is 0. The quantitative estimate of drug-likeness (QED) is 0.642. The maximum Gasteiger partial charge on any atom is 0.0474 e. The van der Waals surface area contributed by atoms with Crippen LogP contribution in [0.5, 0.6) is 0 Å². The topological polar surface area (TPSA) is 4.93 Å². The lowest BCUT2D eigenvalue weighted by molar-refractivity contribution is 0.913. The zero-order valence-electron chi connectivity index (χ0n) is 7.75. The molecule has 0 N–H and O–H groups in total. The fourth-order valence-corrected chi connectivity index (χ4v) is 1.18. The summed E-state index contributed by atoms with van der Waals surface area (Å²) in [4.78, 5) is 0. The second-order valence-corrected chi connectivity index (χ2v) is 2.78. The zero-order chi connectivity index (χ0) is 8.97. The Morgan fingerprint density at radius 2 is 2.33 bits per heavy atom. The van der Waals surface area contributed by atoms with Gasteiger partial charge in [-0.25, -0.2) is 0 Å². The number of nitrogens with zero attached hydrogens (tertiary/aromatic N) is 1. The van der Waals surface area contributed by atoms with E-state index in [0.717, 1.165) is 6.42 Å². The highest BCUT2D eigenvalue weighted by molar-refractivity contribution is 5.62. The fraction of sp³-hybridized carbons (Fsp3) is 0.273. The van der Waals surface area contributed by atoms with Gasteiger partial charge in [0, 0.05) is 18.9 Å². The van der Waals surface area contributed by atoms with E-state index >= 15 is 0 Å². The molecule has 0 aliphatic carbocycles. The molecule has 0 saturated heterocycles. The van der Waals surface area contributed by atoms with E-state index in [1.54, 1.807) is 0 Å². The normalized spacial score (nSPS) is 10.8. The molecule has 1 heterocycles. The van der Waals surface area contributed by atoms with Crippen LogP contribution < -0.4 is 0 Å². The van der Waals surface area contributed by atoms with Crippen LogP contribution in [0.1, 0.15) is 24.6 Å². The molecule has 0 fully saturated rings. The average molecular weight is 161 g/mol. The highest BCUT2D eigenvalue weighted by Crippen LogP contribution is 2.13. The van der Waals surface area contributed by atoms with Crippen LogP contribution in [0, 0.1) is 0 Å². The van der Waals surface area contributed by atoms with Crippen molar-refractivity contribution >= 4 is 12.2 Å². The molecule has 0 atom stereocenters. The highest BCUT2D eigenvalue weighted by atomic mass is 14.9. The number of aromatic nitrogens is 1. The predicted octanol–water partition coefficient (Wildman–Crippen LogP) is 3.09. The summed E-state index contributed by atoms with van der Waals surface area (Å²) >= 11 is 0. The molecule has 1 nitrogen and oxygen atoms in total.